The van der Waals surface area contributed by atoms with Crippen molar-refractivity contribution in [2.45, 2.75) is 13.0 Å². The second-order valence-corrected chi connectivity index (χ2v) is 2.13. The van der Waals surface area contributed by atoms with Crippen molar-refractivity contribution in [3.8, 4) is 0 Å². The number of fused-ring (bicyclic) bond motifs is 1. The molecule has 0 aromatic carbocycles. The zero-order valence-corrected chi connectivity index (χ0v) is 5.04. The molecule has 0 fully saturated rings. The summed E-state index contributed by atoms with van der Waals surface area (Å²) < 4.78 is 2.10. The Morgan fingerprint density at radius 3 is 3.56 bits per heavy atom. The summed E-state index contributed by atoms with van der Waals surface area (Å²) in [5.41, 5.74) is 1.10. The topological polar surface area (TPSA) is 17.8 Å². The largest absolute Gasteiger partial charge is 0.330 e. The van der Waals surface area contributed by atoms with Crippen LogP contribution in [0.5, 0.6) is 0 Å². The third kappa shape index (κ3) is 0.669. The van der Waals surface area contributed by atoms with Gasteiger partial charge in [-0.1, -0.05) is 6.08 Å². The van der Waals surface area contributed by atoms with Crippen molar-refractivity contribution >= 4 is 6.08 Å². The van der Waals surface area contributed by atoms with E-state index in [4.69, 9.17) is 0 Å². The van der Waals surface area contributed by atoms with Crippen LogP contribution >= 0.6 is 0 Å². The van der Waals surface area contributed by atoms with E-state index >= 15 is 0 Å². The SMILES string of the molecule is [c]1ncn2c1C=CCC2. The number of hydrogen-bond donors (Lipinski definition) is 0. The zero-order chi connectivity index (χ0) is 6.10. The monoisotopic (exact) mass is 119 g/mol. The van der Waals surface area contributed by atoms with Gasteiger partial charge in [0.1, 0.15) is 6.20 Å². The summed E-state index contributed by atoms with van der Waals surface area (Å²) in [6.45, 7) is 1.06. The third-order valence-electron chi connectivity index (χ3n) is 1.50. The van der Waals surface area contributed by atoms with E-state index in [-0.39, 0.29) is 0 Å². The fourth-order valence-electron chi connectivity index (χ4n) is 1.01. The Kier molecular flexibility index (Phi) is 0.918. The molecule has 0 atom stereocenters. The molecular formula is C7H7N2. The molecule has 1 aromatic rings. The van der Waals surface area contributed by atoms with Gasteiger partial charge in [0, 0.05) is 6.54 Å². The first-order chi connectivity index (χ1) is 4.47. The minimum Gasteiger partial charge on any atom is -0.330 e. The molecule has 0 saturated carbocycles. The van der Waals surface area contributed by atoms with Crippen LogP contribution < -0.4 is 0 Å². The Morgan fingerprint density at radius 2 is 2.67 bits per heavy atom. The molecule has 0 amide bonds. The molecule has 1 aliphatic heterocycles. The summed E-state index contributed by atoms with van der Waals surface area (Å²) in [4.78, 5) is 3.89. The summed E-state index contributed by atoms with van der Waals surface area (Å²) in [6.07, 6.45) is 10.0. The van der Waals surface area contributed by atoms with E-state index in [1.165, 1.54) is 0 Å². The summed E-state index contributed by atoms with van der Waals surface area (Å²) in [6, 6.07) is 0. The maximum atomic E-state index is 3.89. The molecular weight excluding hydrogens is 112 g/mol. The van der Waals surface area contributed by atoms with Crippen LogP contribution in [0.2, 0.25) is 0 Å². The van der Waals surface area contributed by atoms with Gasteiger partial charge in [0.2, 0.25) is 0 Å². The molecule has 1 aliphatic rings. The standard InChI is InChI=1S/C7H7N2/c1-2-4-9-6-8-5-7(9)3-1/h1,3,6H,2,4H2. The molecule has 2 nitrogen and oxygen atoms in total. The Morgan fingerprint density at radius 1 is 1.67 bits per heavy atom. The second-order valence-electron chi connectivity index (χ2n) is 2.13. The number of aromatic nitrogens is 2. The molecule has 2 rings (SSSR count). The molecule has 2 heterocycles. The predicted molar refractivity (Wildman–Crippen MR) is 34.7 cm³/mol. The second kappa shape index (κ2) is 1.72. The number of allylic oxidation sites excluding steroid dienone is 1. The summed E-state index contributed by atoms with van der Waals surface area (Å²) >= 11 is 0. The highest BCUT2D eigenvalue weighted by Crippen LogP contribution is 2.08. The summed E-state index contributed by atoms with van der Waals surface area (Å²) in [5, 5.41) is 0. The van der Waals surface area contributed by atoms with Gasteiger partial charge in [-0.25, -0.2) is 4.98 Å². The number of aryl methyl sites for hydroxylation is 1. The average molecular weight is 119 g/mol. The van der Waals surface area contributed by atoms with Crippen molar-refractivity contribution in [1.82, 2.24) is 9.55 Å². The number of hydrogen-bond acceptors (Lipinski definition) is 1. The van der Waals surface area contributed by atoms with Crippen LogP contribution in [0.4, 0.5) is 0 Å². The maximum absolute atomic E-state index is 3.89. The van der Waals surface area contributed by atoms with Gasteiger partial charge in [-0.2, -0.15) is 0 Å². The quantitative estimate of drug-likeness (QED) is 0.500. The molecule has 0 saturated heterocycles. The molecule has 0 spiro atoms. The molecule has 45 valence electrons. The van der Waals surface area contributed by atoms with Gasteiger partial charge in [0.05, 0.1) is 12.0 Å². The number of nitrogens with zero attached hydrogens (tertiary/aromatic N) is 2. The van der Waals surface area contributed by atoms with E-state index in [0.29, 0.717) is 0 Å². The predicted octanol–water partition coefficient (Wildman–Crippen LogP) is 1.10. The first kappa shape index (κ1) is 4.79. The van der Waals surface area contributed by atoms with E-state index in [2.05, 4.69) is 27.9 Å². The summed E-state index contributed by atoms with van der Waals surface area (Å²) in [7, 11) is 0. The van der Waals surface area contributed by atoms with Gasteiger partial charge in [0.25, 0.3) is 0 Å². The van der Waals surface area contributed by atoms with Gasteiger partial charge < -0.3 is 4.57 Å². The highest BCUT2D eigenvalue weighted by atomic mass is 15.0. The van der Waals surface area contributed by atoms with Crippen LogP contribution in [0.15, 0.2) is 12.4 Å². The van der Waals surface area contributed by atoms with Crippen molar-refractivity contribution < 1.29 is 0 Å². The maximum Gasteiger partial charge on any atom is 0.116 e. The Balaban J connectivity index is 2.53. The summed E-state index contributed by atoms with van der Waals surface area (Å²) in [5.74, 6) is 0. The van der Waals surface area contributed by atoms with E-state index < -0.39 is 0 Å². The molecule has 1 radical (unpaired) electrons. The first-order valence-corrected chi connectivity index (χ1v) is 3.06. The molecule has 9 heavy (non-hydrogen) atoms. The minimum atomic E-state index is 1.06. The minimum absolute atomic E-state index is 1.06. The molecule has 0 unspecified atom stereocenters. The third-order valence-corrected chi connectivity index (χ3v) is 1.50. The van der Waals surface area contributed by atoms with Gasteiger partial charge in [0.15, 0.2) is 0 Å². The van der Waals surface area contributed by atoms with Crippen molar-refractivity contribution in [1.29, 1.82) is 0 Å². The van der Waals surface area contributed by atoms with E-state index in [1.807, 2.05) is 6.33 Å². The molecule has 1 aromatic heterocycles. The van der Waals surface area contributed by atoms with Crippen LogP contribution in [0.25, 0.3) is 6.08 Å². The number of imidazole rings is 1. The molecule has 2 heteroatoms. The zero-order valence-electron chi connectivity index (χ0n) is 5.04. The highest BCUT2D eigenvalue weighted by Gasteiger charge is 2.00. The Bertz CT molecular complexity index is 235. The lowest BCUT2D eigenvalue weighted by atomic mass is 10.2. The molecule has 0 aliphatic carbocycles. The Labute approximate surface area is 53.8 Å². The Hall–Kier alpha value is -1.05. The molecule has 0 N–H and O–H groups in total. The van der Waals surface area contributed by atoms with Crippen molar-refractivity contribution in [3.63, 3.8) is 0 Å². The van der Waals surface area contributed by atoms with Crippen LogP contribution in [-0.2, 0) is 6.54 Å². The normalized spacial score (nSPS) is 15.6. The molecule has 0 bridgehead atoms. The van der Waals surface area contributed by atoms with E-state index in [1.54, 1.807) is 0 Å². The van der Waals surface area contributed by atoms with Crippen LogP contribution in [-0.4, -0.2) is 9.55 Å². The highest BCUT2D eigenvalue weighted by molar-refractivity contribution is 5.44. The fourth-order valence-corrected chi connectivity index (χ4v) is 1.01. The van der Waals surface area contributed by atoms with Crippen molar-refractivity contribution in [2.24, 2.45) is 0 Å². The van der Waals surface area contributed by atoms with Crippen LogP contribution in [0, 0.1) is 6.20 Å². The lowest BCUT2D eigenvalue weighted by Crippen LogP contribution is -2.00. The van der Waals surface area contributed by atoms with Gasteiger partial charge in [-0.3, -0.25) is 0 Å². The van der Waals surface area contributed by atoms with E-state index in [9.17, 15) is 0 Å². The van der Waals surface area contributed by atoms with Gasteiger partial charge in [-0.05, 0) is 12.5 Å². The fraction of sp³-hybridized carbons (Fsp3) is 0.286. The lowest BCUT2D eigenvalue weighted by Gasteiger charge is -2.05. The average Bonchev–Trinajstić information content (AvgIpc) is 2.33. The van der Waals surface area contributed by atoms with Crippen molar-refractivity contribution in [2.75, 3.05) is 0 Å². The lowest BCUT2D eigenvalue weighted by molar-refractivity contribution is 0.692. The van der Waals surface area contributed by atoms with Crippen molar-refractivity contribution in [3.05, 3.63) is 24.3 Å². The van der Waals surface area contributed by atoms with Gasteiger partial charge >= 0.3 is 0 Å². The number of rotatable bonds is 0. The van der Waals surface area contributed by atoms with Crippen LogP contribution in [0.1, 0.15) is 12.1 Å². The van der Waals surface area contributed by atoms with Gasteiger partial charge in [-0.15, -0.1) is 0 Å². The van der Waals surface area contributed by atoms with Crippen LogP contribution in [0.3, 0.4) is 0 Å². The first-order valence-electron chi connectivity index (χ1n) is 3.06. The smallest absolute Gasteiger partial charge is 0.116 e. The van der Waals surface area contributed by atoms with E-state index in [0.717, 1.165) is 18.7 Å².